The van der Waals surface area contributed by atoms with Crippen molar-refractivity contribution in [2.45, 2.75) is 52.3 Å². The molecular weight excluding hydrogens is 765 g/mol. The molecule has 3 amide bonds. The van der Waals surface area contributed by atoms with Crippen LogP contribution in [0.4, 0.5) is 36.4 Å². The van der Waals surface area contributed by atoms with Crippen molar-refractivity contribution in [3.8, 4) is 11.7 Å². The Hall–Kier alpha value is -6.23. The highest BCUT2D eigenvalue weighted by molar-refractivity contribution is 6.39. The van der Waals surface area contributed by atoms with Gasteiger partial charge in [0.15, 0.2) is 6.61 Å². The molecule has 5 N–H and O–H groups in total. The van der Waals surface area contributed by atoms with Crippen LogP contribution in [0.15, 0.2) is 78.9 Å². The van der Waals surface area contributed by atoms with Crippen LogP contribution in [0.1, 0.15) is 54.0 Å². The summed E-state index contributed by atoms with van der Waals surface area (Å²) in [6, 6.07) is 21.8. The van der Waals surface area contributed by atoms with Crippen LogP contribution in [0.25, 0.3) is 5.69 Å². The Bertz CT molecular complexity index is 2260. The fourth-order valence-electron chi connectivity index (χ4n) is 5.81. The predicted molar refractivity (Wildman–Crippen MR) is 208 cm³/mol. The van der Waals surface area contributed by atoms with E-state index in [0.717, 1.165) is 29.8 Å². The molecule has 2 aromatic heterocycles. The summed E-state index contributed by atoms with van der Waals surface area (Å²) in [4.78, 5) is 51.1. The number of hydrogen-bond donors (Lipinski definition) is 5. The van der Waals surface area contributed by atoms with Crippen LogP contribution in [0, 0.1) is 19.3 Å². The molecule has 3 aromatic carbocycles. The standard InChI is InChI=1S/C39H40ClF3N10O4/c1-23-19-24(2)53(52-23)30-8-6-5-7-29(30)47-33(56)32(55)45-21-37(3,4)20-44-31(54)25-9-15-28(16-10-25)46-34-48-35(50-36(49-34)57-22-39(41,42)43)51-38(17-18-38)26-11-13-27(40)14-12-26/h5-16,19H,17-18,20-22H2,1-4H3,(H,44,54)(H,45,55)(H,47,56)(H2,46,48,49,50,51). The van der Waals surface area contributed by atoms with E-state index in [-0.39, 0.29) is 25.0 Å². The topological polar surface area (TPSA) is 177 Å². The number of carbonyl (C=O) groups is 3. The number of hydrogen-bond acceptors (Lipinski definition) is 10. The number of nitrogens with zero attached hydrogens (tertiary/aromatic N) is 5. The maximum Gasteiger partial charge on any atom is 0.422 e. The second-order valence-electron chi connectivity index (χ2n) is 14.4. The first-order valence-electron chi connectivity index (χ1n) is 17.8. The van der Waals surface area contributed by atoms with Crippen molar-refractivity contribution in [2.75, 3.05) is 35.6 Å². The molecule has 0 saturated heterocycles. The van der Waals surface area contributed by atoms with Gasteiger partial charge in [-0.1, -0.05) is 49.7 Å². The third-order valence-corrected chi connectivity index (χ3v) is 9.18. The van der Waals surface area contributed by atoms with Gasteiger partial charge in [-0.25, -0.2) is 4.68 Å². The maximum atomic E-state index is 13.1. The summed E-state index contributed by atoms with van der Waals surface area (Å²) >= 11 is 6.04. The lowest BCUT2D eigenvalue weighted by Crippen LogP contribution is -2.45. The van der Waals surface area contributed by atoms with Gasteiger partial charge >= 0.3 is 24.0 Å². The molecule has 0 aliphatic heterocycles. The maximum absolute atomic E-state index is 13.1. The SMILES string of the molecule is Cc1cc(C)n(-c2ccccc2NC(=O)C(=O)NCC(C)(C)CNC(=O)c2ccc(Nc3nc(NC4(c5ccc(Cl)cc5)CC4)nc(OCC(F)(F)F)n3)cc2)n1. The Morgan fingerprint density at radius 1 is 0.860 bits per heavy atom. The van der Waals surface area contributed by atoms with Crippen molar-refractivity contribution in [1.82, 2.24) is 35.4 Å². The van der Waals surface area contributed by atoms with Crippen molar-refractivity contribution in [2.24, 2.45) is 5.41 Å². The molecule has 1 aliphatic rings. The van der Waals surface area contributed by atoms with E-state index in [1.165, 1.54) is 0 Å². The number of anilines is 4. The van der Waals surface area contributed by atoms with Crippen molar-refractivity contribution in [3.05, 3.63) is 106 Å². The molecule has 14 nitrogen and oxygen atoms in total. The van der Waals surface area contributed by atoms with E-state index in [9.17, 15) is 27.6 Å². The first-order valence-corrected chi connectivity index (χ1v) is 18.2. The van der Waals surface area contributed by atoms with Gasteiger partial charge in [-0.2, -0.15) is 33.2 Å². The highest BCUT2D eigenvalue weighted by Crippen LogP contribution is 2.48. The number of aryl methyl sites for hydroxylation is 2. The monoisotopic (exact) mass is 804 g/mol. The number of halogens is 4. The lowest BCUT2D eigenvalue weighted by molar-refractivity contribution is -0.154. The Morgan fingerprint density at radius 3 is 2.18 bits per heavy atom. The molecule has 18 heteroatoms. The average molecular weight is 805 g/mol. The molecule has 0 spiro atoms. The number of rotatable bonds is 14. The van der Waals surface area contributed by atoms with Gasteiger partial charge in [0, 0.05) is 35.1 Å². The van der Waals surface area contributed by atoms with E-state index >= 15 is 0 Å². The Balaban J connectivity index is 1.03. The van der Waals surface area contributed by atoms with E-state index < -0.39 is 47.5 Å². The van der Waals surface area contributed by atoms with Gasteiger partial charge in [0.1, 0.15) is 0 Å². The van der Waals surface area contributed by atoms with Crippen LogP contribution >= 0.6 is 11.6 Å². The van der Waals surface area contributed by atoms with Crippen molar-refractivity contribution >= 4 is 52.6 Å². The smallest absolute Gasteiger partial charge is 0.422 e. The number of ether oxygens (including phenoxy) is 1. The number of carbonyl (C=O) groups excluding carboxylic acids is 3. The minimum Gasteiger partial charge on any atom is -0.454 e. The van der Waals surface area contributed by atoms with Gasteiger partial charge in [0.05, 0.1) is 22.6 Å². The van der Waals surface area contributed by atoms with Gasteiger partial charge in [-0.3, -0.25) is 14.4 Å². The third-order valence-electron chi connectivity index (χ3n) is 8.93. The summed E-state index contributed by atoms with van der Waals surface area (Å²) in [7, 11) is 0. The first-order chi connectivity index (χ1) is 27.0. The van der Waals surface area contributed by atoms with Crippen molar-refractivity contribution < 1.29 is 32.3 Å². The number of aromatic nitrogens is 5. The average Bonchev–Trinajstić information content (AvgIpc) is 3.86. The van der Waals surface area contributed by atoms with Crippen molar-refractivity contribution in [1.29, 1.82) is 0 Å². The van der Waals surface area contributed by atoms with E-state index in [1.54, 1.807) is 65.3 Å². The van der Waals surface area contributed by atoms with Crippen LogP contribution in [-0.4, -0.2) is 68.3 Å². The molecule has 0 bridgehead atoms. The molecule has 0 unspecified atom stereocenters. The zero-order valence-corrected chi connectivity index (χ0v) is 32.2. The number of para-hydroxylation sites is 2. The highest BCUT2D eigenvalue weighted by Gasteiger charge is 2.45. The Labute approximate surface area is 331 Å². The summed E-state index contributed by atoms with van der Waals surface area (Å²) in [5.74, 6) is -2.16. The zero-order chi connectivity index (χ0) is 41.0. The Kier molecular flexibility index (Phi) is 11.7. The van der Waals surface area contributed by atoms with Crippen LogP contribution < -0.4 is 31.3 Å². The zero-order valence-electron chi connectivity index (χ0n) is 31.4. The summed E-state index contributed by atoms with van der Waals surface area (Å²) < 4.78 is 45.5. The fraction of sp³-hybridized carbons (Fsp3) is 0.308. The molecule has 2 heterocycles. The molecule has 1 fully saturated rings. The van der Waals surface area contributed by atoms with Gasteiger partial charge in [-0.15, -0.1) is 0 Å². The second-order valence-corrected chi connectivity index (χ2v) is 14.9. The molecule has 57 heavy (non-hydrogen) atoms. The molecule has 1 saturated carbocycles. The molecule has 0 atom stereocenters. The summed E-state index contributed by atoms with van der Waals surface area (Å²) in [6.45, 7) is 6.04. The molecule has 6 rings (SSSR count). The van der Waals surface area contributed by atoms with Gasteiger partial charge in [-0.05, 0) is 92.3 Å². The minimum atomic E-state index is -4.61. The van der Waals surface area contributed by atoms with Gasteiger partial charge in [0.25, 0.3) is 5.91 Å². The number of alkyl halides is 3. The van der Waals surface area contributed by atoms with E-state index in [2.05, 4.69) is 46.6 Å². The third kappa shape index (κ3) is 10.8. The van der Waals surface area contributed by atoms with Crippen LogP contribution in [0.2, 0.25) is 5.02 Å². The summed E-state index contributed by atoms with van der Waals surface area (Å²) in [5, 5.41) is 19.3. The molecule has 0 radical (unpaired) electrons. The predicted octanol–water partition coefficient (Wildman–Crippen LogP) is 6.62. The number of benzene rings is 3. The van der Waals surface area contributed by atoms with Crippen molar-refractivity contribution in [3.63, 3.8) is 0 Å². The molecular formula is C39H40ClF3N10O4. The molecule has 1 aliphatic carbocycles. The Morgan fingerprint density at radius 2 is 1.53 bits per heavy atom. The lowest BCUT2D eigenvalue weighted by atomic mass is 9.93. The number of nitrogens with one attached hydrogen (secondary N) is 5. The number of amides is 3. The van der Waals surface area contributed by atoms with Gasteiger partial charge in [0.2, 0.25) is 11.9 Å². The second kappa shape index (κ2) is 16.5. The minimum absolute atomic E-state index is 0.00779. The summed E-state index contributed by atoms with van der Waals surface area (Å²) in [5.41, 5.74) is 3.20. The van der Waals surface area contributed by atoms with Crippen LogP contribution in [0.5, 0.6) is 6.01 Å². The quantitative estimate of drug-likeness (QED) is 0.0767. The van der Waals surface area contributed by atoms with E-state index in [1.807, 2.05) is 45.9 Å². The normalized spacial score (nSPS) is 13.3. The van der Waals surface area contributed by atoms with Crippen LogP contribution in [0.3, 0.4) is 0 Å². The lowest BCUT2D eigenvalue weighted by Gasteiger charge is -2.25. The van der Waals surface area contributed by atoms with E-state index in [0.29, 0.717) is 27.6 Å². The highest BCUT2D eigenvalue weighted by atomic mass is 35.5. The fourth-order valence-corrected chi connectivity index (χ4v) is 5.93. The van der Waals surface area contributed by atoms with Gasteiger partial charge < -0.3 is 31.3 Å². The first kappa shape index (κ1) is 40.4. The largest absolute Gasteiger partial charge is 0.454 e. The van der Waals surface area contributed by atoms with E-state index in [4.69, 9.17) is 16.3 Å². The van der Waals surface area contributed by atoms with Crippen LogP contribution in [-0.2, 0) is 15.1 Å². The summed E-state index contributed by atoms with van der Waals surface area (Å²) in [6.07, 6.45) is -3.15. The molecule has 298 valence electrons. The molecule has 5 aromatic rings.